The minimum atomic E-state index is -0.211. The summed E-state index contributed by atoms with van der Waals surface area (Å²) >= 11 is 6.01. The predicted molar refractivity (Wildman–Crippen MR) is 127 cm³/mol. The van der Waals surface area contributed by atoms with Crippen molar-refractivity contribution in [1.82, 2.24) is 20.2 Å². The SMILES string of the molecule is COc1cccc(Nc2nc(-c3ccc(Cl)cc3)ncc2C(=O)NCCN2CCCC2)c1. The fraction of sp³-hybridized carbons (Fsp3) is 0.292. The molecule has 0 radical (unpaired) electrons. The van der Waals surface area contributed by atoms with E-state index in [0.717, 1.165) is 30.9 Å². The van der Waals surface area contributed by atoms with Gasteiger partial charge in [0.1, 0.15) is 17.1 Å². The van der Waals surface area contributed by atoms with Gasteiger partial charge in [0.05, 0.1) is 7.11 Å². The van der Waals surface area contributed by atoms with E-state index in [0.29, 0.717) is 34.5 Å². The van der Waals surface area contributed by atoms with Crippen LogP contribution < -0.4 is 15.4 Å². The van der Waals surface area contributed by atoms with Crippen LogP contribution in [-0.4, -0.2) is 54.1 Å². The predicted octanol–water partition coefficient (Wildman–Crippen LogP) is 4.37. The maximum atomic E-state index is 13.0. The second kappa shape index (κ2) is 10.4. The van der Waals surface area contributed by atoms with E-state index in [9.17, 15) is 4.79 Å². The van der Waals surface area contributed by atoms with Gasteiger partial charge in [-0.25, -0.2) is 9.97 Å². The molecule has 7 nitrogen and oxygen atoms in total. The molecule has 1 aliphatic heterocycles. The summed E-state index contributed by atoms with van der Waals surface area (Å²) in [5, 5.41) is 6.89. The lowest BCUT2D eigenvalue weighted by Crippen LogP contribution is -2.33. The van der Waals surface area contributed by atoms with Crippen LogP contribution in [0.2, 0.25) is 5.02 Å². The Morgan fingerprint density at radius 1 is 1.16 bits per heavy atom. The van der Waals surface area contributed by atoms with Crippen molar-refractivity contribution < 1.29 is 9.53 Å². The van der Waals surface area contributed by atoms with Gasteiger partial charge in [-0.3, -0.25) is 4.79 Å². The number of likely N-dealkylation sites (tertiary alicyclic amines) is 1. The summed E-state index contributed by atoms with van der Waals surface area (Å²) in [7, 11) is 1.61. The van der Waals surface area contributed by atoms with Crippen LogP contribution in [0.25, 0.3) is 11.4 Å². The first-order chi connectivity index (χ1) is 15.6. The fourth-order valence-electron chi connectivity index (χ4n) is 3.65. The van der Waals surface area contributed by atoms with Crippen molar-refractivity contribution in [2.24, 2.45) is 0 Å². The van der Waals surface area contributed by atoms with Gasteiger partial charge < -0.3 is 20.3 Å². The van der Waals surface area contributed by atoms with Crippen LogP contribution in [0.5, 0.6) is 5.75 Å². The monoisotopic (exact) mass is 451 g/mol. The summed E-state index contributed by atoms with van der Waals surface area (Å²) in [5.74, 6) is 1.42. The third-order valence-corrected chi connectivity index (χ3v) is 5.63. The minimum Gasteiger partial charge on any atom is -0.497 e. The number of benzene rings is 2. The maximum absolute atomic E-state index is 13.0. The Labute approximate surface area is 192 Å². The number of aromatic nitrogens is 2. The van der Waals surface area contributed by atoms with Gasteiger partial charge in [0, 0.05) is 41.6 Å². The smallest absolute Gasteiger partial charge is 0.256 e. The molecule has 0 spiro atoms. The fourth-order valence-corrected chi connectivity index (χ4v) is 3.77. The van der Waals surface area contributed by atoms with Gasteiger partial charge in [0.25, 0.3) is 5.91 Å². The Balaban J connectivity index is 1.58. The lowest BCUT2D eigenvalue weighted by molar-refractivity contribution is 0.0950. The number of nitrogens with zero attached hydrogens (tertiary/aromatic N) is 3. The minimum absolute atomic E-state index is 0.211. The summed E-state index contributed by atoms with van der Waals surface area (Å²) in [6.45, 7) is 3.61. The number of nitrogens with one attached hydrogen (secondary N) is 2. The lowest BCUT2D eigenvalue weighted by Gasteiger charge is -2.16. The molecule has 1 amide bonds. The van der Waals surface area contributed by atoms with Gasteiger partial charge in [-0.05, 0) is 62.3 Å². The third-order valence-electron chi connectivity index (χ3n) is 5.38. The van der Waals surface area contributed by atoms with Crippen molar-refractivity contribution >= 4 is 29.0 Å². The number of amides is 1. The molecule has 4 rings (SSSR count). The standard InChI is InChI=1S/C24H26ClN5O2/c1-32-20-6-4-5-19(15-20)28-23-21(24(31)26-11-14-30-12-2-3-13-30)16-27-22(29-23)17-7-9-18(25)10-8-17/h4-10,15-16H,2-3,11-14H2,1H3,(H,26,31)(H,27,28,29). The highest BCUT2D eigenvalue weighted by molar-refractivity contribution is 6.30. The second-order valence-corrected chi connectivity index (χ2v) is 8.06. The molecule has 0 unspecified atom stereocenters. The topological polar surface area (TPSA) is 79.4 Å². The maximum Gasteiger partial charge on any atom is 0.256 e. The number of carbonyl (C=O) groups is 1. The number of rotatable bonds is 8. The van der Waals surface area contributed by atoms with Crippen molar-refractivity contribution in [3.8, 4) is 17.1 Å². The number of halogens is 1. The molecule has 1 saturated heterocycles. The normalized spacial score (nSPS) is 13.7. The van der Waals surface area contributed by atoms with Gasteiger partial charge in [-0.15, -0.1) is 0 Å². The van der Waals surface area contributed by atoms with Crippen LogP contribution in [0.15, 0.2) is 54.7 Å². The Kier molecular flexibility index (Phi) is 7.19. The van der Waals surface area contributed by atoms with E-state index < -0.39 is 0 Å². The number of hydrogen-bond acceptors (Lipinski definition) is 6. The van der Waals surface area contributed by atoms with Crippen molar-refractivity contribution in [3.63, 3.8) is 0 Å². The van der Waals surface area contributed by atoms with Gasteiger partial charge >= 0.3 is 0 Å². The first-order valence-electron chi connectivity index (χ1n) is 10.7. The van der Waals surface area contributed by atoms with Gasteiger partial charge in [-0.1, -0.05) is 17.7 Å². The third kappa shape index (κ3) is 5.55. The van der Waals surface area contributed by atoms with E-state index in [1.165, 1.54) is 12.8 Å². The van der Waals surface area contributed by atoms with E-state index in [2.05, 4.69) is 25.5 Å². The number of hydrogen-bond donors (Lipinski definition) is 2. The molecule has 2 N–H and O–H groups in total. The first kappa shape index (κ1) is 22.0. The van der Waals surface area contributed by atoms with Crippen molar-refractivity contribution in [2.45, 2.75) is 12.8 Å². The first-order valence-corrected chi connectivity index (χ1v) is 11.0. The summed E-state index contributed by atoms with van der Waals surface area (Å²) < 4.78 is 5.31. The van der Waals surface area contributed by atoms with Gasteiger partial charge in [0.15, 0.2) is 5.82 Å². The highest BCUT2D eigenvalue weighted by atomic mass is 35.5. The molecule has 0 bridgehead atoms. The molecule has 166 valence electrons. The molecule has 1 aliphatic rings. The molecular weight excluding hydrogens is 426 g/mol. The van der Waals surface area contributed by atoms with Gasteiger partial charge in [0.2, 0.25) is 0 Å². The summed E-state index contributed by atoms with van der Waals surface area (Å²) in [4.78, 5) is 24.4. The van der Waals surface area contributed by atoms with Crippen molar-refractivity contribution in [3.05, 3.63) is 65.3 Å². The molecular formula is C24H26ClN5O2. The molecule has 8 heteroatoms. The van der Waals surface area contributed by atoms with Crippen LogP contribution in [0.1, 0.15) is 23.2 Å². The summed E-state index contributed by atoms with van der Waals surface area (Å²) in [6, 6.07) is 14.7. The Bertz CT molecular complexity index is 1070. The van der Waals surface area contributed by atoms with E-state index in [1.54, 1.807) is 25.4 Å². The average Bonchev–Trinajstić information content (AvgIpc) is 3.33. The van der Waals surface area contributed by atoms with Crippen LogP contribution >= 0.6 is 11.6 Å². The van der Waals surface area contributed by atoms with Crippen LogP contribution in [-0.2, 0) is 0 Å². The molecule has 0 saturated carbocycles. The molecule has 32 heavy (non-hydrogen) atoms. The van der Waals surface area contributed by atoms with Crippen molar-refractivity contribution in [1.29, 1.82) is 0 Å². The molecule has 1 fully saturated rings. The Morgan fingerprint density at radius 3 is 2.69 bits per heavy atom. The summed E-state index contributed by atoms with van der Waals surface area (Å²) in [6.07, 6.45) is 4.01. The Hall–Kier alpha value is -3.16. The zero-order chi connectivity index (χ0) is 22.3. The Morgan fingerprint density at radius 2 is 1.94 bits per heavy atom. The molecule has 0 aliphatic carbocycles. The quantitative estimate of drug-likeness (QED) is 0.529. The average molecular weight is 452 g/mol. The van der Waals surface area contributed by atoms with Gasteiger partial charge in [-0.2, -0.15) is 0 Å². The molecule has 0 atom stereocenters. The largest absolute Gasteiger partial charge is 0.497 e. The zero-order valence-corrected chi connectivity index (χ0v) is 18.7. The molecule has 3 aromatic rings. The molecule has 2 heterocycles. The second-order valence-electron chi connectivity index (χ2n) is 7.62. The summed E-state index contributed by atoms with van der Waals surface area (Å²) in [5.41, 5.74) is 1.95. The number of anilines is 2. The molecule has 1 aromatic heterocycles. The van der Waals surface area contributed by atoms with Crippen LogP contribution in [0, 0.1) is 0 Å². The van der Waals surface area contributed by atoms with E-state index in [-0.39, 0.29) is 5.91 Å². The zero-order valence-electron chi connectivity index (χ0n) is 18.0. The van der Waals surface area contributed by atoms with Crippen molar-refractivity contribution in [2.75, 3.05) is 38.6 Å². The van der Waals surface area contributed by atoms with E-state index in [4.69, 9.17) is 16.3 Å². The number of methoxy groups -OCH3 is 1. The van der Waals surface area contributed by atoms with E-state index in [1.807, 2.05) is 36.4 Å². The lowest BCUT2D eigenvalue weighted by atomic mass is 10.2. The van der Waals surface area contributed by atoms with Crippen LogP contribution in [0.4, 0.5) is 11.5 Å². The number of carbonyl (C=O) groups excluding carboxylic acids is 1. The highest BCUT2D eigenvalue weighted by Crippen LogP contribution is 2.25. The van der Waals surface area contributed by atoms with E-state index >= 15 is 0 Å². The highest BCUT2D eigenvalue weighted by Gasteiger charge is 2.17. The van der Waals surface area contributed by atoms with Crippen LogP contribution in [0.3, 0.4) is 0 Å². The number of ether oxygens (including phenoxy) is 1. The molecule has 2 aromatic carbocycles.